The van der Waals surface area contributed by atoms with Crippen molar-refractivity contribution in [2.45, 2.75) is 24.9 Å². The Morgan fingerprint density at radius 1 is 1.00 bits per heavy atom. The number of aliphatic imine (C=N–C) groups is 1. The highest BCUT2D eigenvalue weighted by Crippen LogP contribution is 2.12. The van der Waals surface area contributed by atoms with Gasteiger partial charge < -0.3 is 15.4 Å². The van der Waals surface area contributed by atoms with E-state index in [0.717, 1.165) is 23.4 Å². The quantitative estimate of drug-likeness (QED) is 0.574. The Labute approximate surface area is 155 Å². The minimum atomic E-state index is -3.17. The van der Waals surface area contributed by atoms with Gasteiger partial charge in [0.05, 0.1) is 18.6 Å². The van der Waals surface area contributed by atoms with Gasteiger partial charge in [-0.25, -0.2) is 13.4 Å². The van der Waals surface area contributed by atoms with Gasteiger partial charge in [0.2, 0.25) is 0 Å². The van der Waals surface area contributed by atoms with Crippen molar-refractivity contribution in [1.29, 1.82) is 0 Å². The standard InChI is InChI=1S/C19H25N3O3S/c1-4-20-19(21-13-15-5-9-17(25-2)10-6-15)22-14-16-7-11-18(12-8-16)26(3,23)24/h5-12H,4,13-14H2,1-3H3,(H2,20,21,22). The van der Waals surface area contributed by atoms with E-state index in [1.165, 1.54) is 6.26 Å². The van der Waals surface area contributed by atoms with E-state index >= 15 is 0 Å². The number of benzene rings is 2. The summed E-state index contributed by atoms with van der Waals surface area (Å²) in [6.07, 6.45) is 1.20. The number of nitrogens with one attached hydrogen (secondary N) is 2. The molecule has 0 aromatic heterocycles. The lowest BCUT2D eigenvalue weighted by molar-refractivity contribution is 0.414. The molecule has 0 radical (unpaired) electrons. The van der Waals surface area contributed by atoms with E-state index in [1.807, 2.05) is 31.2 Å². The first-order chi connectivity index (χ1) is 12.4. The van der Waals surface area contributed by atoms with Crippen LogP contribution < -0.4 is 15.4 Å². The van der Waals surface area contributed by atoms with Crippen molar-refractivity contribution in [3.05, 3.63) is 59.7 Å². The molecule has 6 nitrogen and oxygen atoms in total. The van der Waals surface area contributed by atoms with E-state index in [2.05, 4.69) is 15.6 Å². The lowest BCUT2D eigenvalue weighted by atomic mass is 10.2. The average molecular weight is 375 g/mol. The first-order valence-electron chi connectivity index (χ1n) is 8.36. The van der Waals surface area contributed by atoms with Crippen molar-refractivity contribution in [3.63, 3.8) is 0 Å². The average Bonchev–Trinajstić information content (AvgIpc) is 2.64. The van der Waals surface area contributed by atoms with Crippen molar-refractivity contribution < 1.29 is 13.2 Å². The minimum Gasteiger partial charge on any atom is -0.497 e. The van der Waals surface area contributed by atoms with Crippen molar-refractivity contribution in [1.82, 2.24) is 10.6 Å². The van der Waals surface area contributed by atoms with Crippen LogP contribution in [-0.4, -0.2) is 34.3 Å². The van der Waals surface area contributed by atoms with Crippen LogP contribution >= 0.6 is 0 Å². The maximum atomic E-state index is 11.5. The van der Waals surface area contributed by atoms with E-state index in [-0.39, 0.29) is 0 Å². The maximum absolute atomic E-state index is 11.5. The topological polar surface area (TPSA) is 79.8 Å². The third-order valence-electron chi connectivity index (χ3n) is 3.73. The van der Waals surface area contributed by atoms with E-state index < -0.39 is 9.84 Å². The van der Waals surface area contributed by atoms with Gasteiger partial charge >= 0.3 is 0 Å². The molecule has 0 bridgehead atoms. The summed E-state index contributed by atoms with van der Waals surface area (Å²) in [4.78, 5) is 4.89. The lowest BCUT2D eigenvalue weighted by Gasteiger charge is -2.12. The van der Waals surface area contributed by atoms with Crippen LogP contribution in [0.5, 0.6) is 5.75 Å². The molecule has 0 atom stereocenters. The minimum absolute atomic E-state index is 0.321. The second kappa shape index (κ2) is 9.24. The molecule has 0 saturated heterocycles. The molecule has 0 saturated carbocycles. The molecule has 0 heterocycles. The predicted octanol–water partition coefficient (Wildman–Crippen LogP) is 2.35. The molecule has 140 valence electrons. The summed E-state index contributed by atoms with van der Waals surface area (Å²) >= 11 is 0. The van der Waals surface area contributed by atoms with Gasteiger partial charge in [0.25, 0.3) is 0 Å². The number of rotatable bonds is 7. The molecule has 0 amide bonds. The highest BCUT2D eigenvalue weighted by atomic mass is 32.2. The predicted molar refractivity (Wildman–Crippen MR) is 104 cm³/mol. The van der Waals surface area contributed by atoms with Crippen LogP contribution in [-0.2, 0) is 22.9 Å². The SMILES string of the molecule is CCNC(=NCc1ccc(OC)cc1)NCc1ccc(S(C)(=O)=O)cc1. The third-order valence-corrected chi connectivity index (χ3v) is 4.86. The number of methoxy groups -OCH3 is 1. The molecule has 2 aromatic rings. The Morgan fingerprint density at radius 3 is 2.15 bits per heavy atom. The Kier molecular flexibility index (Phi) is 7.03. The molecular weight excluding hydrogens is 350 g/mol. The Bertz CT molecular complexity index is 829. The molecule has 2 rings (SSSR count). The number of hydrogen-bond donors (Lipinski definition) is 2. The van der Waals surface area contributed by atoms with Crippen LogP contribution in [0.1, 0.15) is 18.1 Å². The number of ether oxygens (including phenoxy) is 1. The fourth-order valence-electron chi connectivity index (χ4n) is 2.28. The van der Waals surface area contributed by atoms with Crippen LogP contribution in [0.2, 0.25) is 0 Å². The molecule has 26 heavy (non-hydrogen) atoms. The molecule has 2 N–H and O–H groups in total. The first-order valence-corrected chi connectivity index (χ1v) is 10.3. The van der Waals surface area contributed by atoms with E-state index in [4.69, 9.17) is 4.74 Å². The first kappa shape index (κ1) is 19.8. The molecular formula is C19H25N3O3S. The van der Waals surface area contributed by atoms with Crippen molar-refractivity contribution >= 4 is 15.8 Å². The zero-order chi connectivity index (χ0) is 19.0. The summed E-state index contributed by atoms with van der Waals surface area (Å²) in [5.74, 6) is 1.52. The van der Waals surface area contributed by atoms with Crippen LogP contribution in [0, 0.1) is 0 Å². The summed E-state index contributed by atoms with van der Waals surface area (Å²) < 4.78 is 28.2. The second-order valence-corrected chi connectivity index (χ2v) is 7.83. The third kappa shape index (κ3) is 6.07. The van der Waals surface area contributed by atoms with Crippen molar-refractivity contribution in [3.8, 4) is 5.75 Å². The summed E-state index contributed by atoms with van der Waals surface area (Å²) in [7, 11) is -1.53. The summed E-state index contributed by atoms with van der Waals surface area (Å²) in [5.41, 5.74) is 2.06. The van der Waals surface area contributed by atoms with Gasteiger partial charge in [-0.05, 0) is 42.3 Å². The Morgan fingerprint density at radius 2 is 1.62 bits per heavy atom. The summed E-state index contributed by atoms with van der Waals surface area (Å²) in [5, 5.41) is 6.45. The molecule has 7 heteroatoms. The molecule has 0 aliphatic heterocycles. The molecule has 0 fully saturated rings. The van der Waals surface area contributed by atoms with Crippen molar-refractivity contribution in [2.24, 2.45) is 4.99 Å². The van der Waals surface area contributed by atoms with Gasteiger partial charge in [0.15, 0.2) is 15.8 Å². The van der Waals surface area contributed by atoms with Gasteiger partial charge in [0.1, 0.15) is 5.75 Å². The zero-order valence-electron chi connectivity index (χ0n) is 15.3. The van der Waals surface area contributed by atoms with Gasteiger partial charge in [-0.15, -0.1) is 0 Å². The fraction of sp³-hybridized carbons (Fsp3) is 0.316. The summed E-state index contributed by atoms with van der Waals surface area (Å²) in [6.45, 7) is 3.86. The van der Waals surface area contributed by atoms with Gasteiger partial charge in [-0.1, -0.05) is 24.3 Å². The Hall–Kier alpha value is -2.54. The zero-order valence-corrected chi connectivity index (χ0v) is 16.1. The van der Waals surface area contributed by atoms with Crippen LogP contribution in [0.25, 0.3) is 0 Å². The normalized spacial score (nSPS) is 11.9. The van der Waals surface area contributed by atoms with E-state index in [9.17, 15) is 8.42 Å². The smallest absolute Gasteiger partial charge is 0.191 e. The highest BCUT2D eigenvalue weighted by Gasteiger charge is 2.06. The number of hydrogen-bond acceptors (Lipinski definition) is 4. The lowest BCUT2D eigenvalue weighted by Crippen LogP contribution is -2.36. The Balaban J connectivity index is 1.98. The maximum Gasteiger partial charge on any atom is 0.191 e. The van der Waals surface area contributed by atoms with Crippen molar-refractivity contribution in [2.75, 3.05) is 19.9 Å². The number of guanidine groups is 1. The molecule has 0 unspecified atom stereocenters. The van der Waals surface area contributed by atoms with Crippen LogP contribution in [0.4, 0.5) is 0 Å². The van der Waals surface area contributed by atoms with E-state index in [1.54, 1.807) is 31.4 Å². The van der Waals surface area contributed by atoms with Gasteiger partial charge in [-0.3, -0.25) is 0 Å². The largest absolute Gasteiger partial charge is 0.497 e. The molecule has 0 aliphatic carbocycles. The monoisotopic (exact) mass is 375 g/mol. The number of sulfone groups is 1. The number of nitrogens with zero attached hydrogens (tertiary/aromatic N) is 1. The van der Waals surface area contributed by atoms with Gasteiger partial charge in [0, 0.05) is 19.3 Å². The molecule has 2 aromatic carbocycles. The van der Waals surface area contributed by atoms with Gasteiger partial charge in [-0.2, -0.15) is 0 Å². The molecule has 0 aliphatic rings. The van der Waals surface area contributed by atoms with E-state index in [0.29, 0.717) is 23.9 Å². The highest BCUT2D eigenvalue weighted by molar-refractivity contribution is 7.90. The van der Waals surface area contributed by atoms with Crippen LogP contribution in [0.15, 0.2) is 58.4 Å². The fourth-order valence-corrected chi connectivity index (χ4v) is 2.91. The van der Waals surface area contributed by atoms with Crippen LogP contribution in [0.3, 0.4) is 0 Å². The summed E-state index contributed by atoms with van der Waals surface area (Å²) in [6, 6.07) is 14.6. The molecule has 0 spiro atoms. The second-order valence-electron chi connectivity index (χ2n) is 5.81.